The second-order valence-electron chi connectivity index (χ2n) is 10.1. The molecular weight excluding hydrogens is 606 g/mol. The molecule has 3 amide bonds. The summed E-state index contributed by atoms with van der Waals surface area (Å²) >= 11 is 7.56. The van der Waals surface area contributed by atoms with Crippen molar-refractivity contribution in [2.45, 2.75) is 24.0 Å². The van der Waals surface area contributed by atoms with Crippen LogP contribution in [0.5, 0.6) is 0 Å². The van der Waals surface area contributed by atoms with Gasteiger partial charge in [-0.1, -0.05) is 66.2 Å². The van der Waals surface area contributed by atoms with Gasteiger partial charge in [0.1, 0.15) is 17.2 Å². The van der Waals surface area contributed by atoms with E-state index in [-0.39, 0.29) is 16.9 Å². The molecule has 0 aliphatic heterocycles. The Morgan fingerprint density at radius 2 is 1.49 bits per heavy atom. The number of amides is 3. The fraction of sp³-hybridized carbons (Fsp3) is 0.0833. The molecule has 0 fully saturated rings. The van der Waals surface area contributed by atoms with Gasteiger partial charge in [0.15, 0.2) is 0 Å². The smallest absolute Gasteiger partial charge is 0.272 e. The Labute approximate surface area is 270 Å². The molecule has 0 aliphatic carbocycles. The van der Waals surface area contributed by atoms with Gasteiger partial charge < -0.3 is 20.4 Å². The van der Waals surface area contributed by atoms with E-state index in [1.165, 1.54) is 17.8 Å². The van der Waals surface area contributed by atoms with E-state index in [9.17, 15) is 14.4 Å². The van der Waals surface area contributed by atoms with Crippen molar-refractivity contribution in [2.24, 2.45) is 0 Å². The highest BCUT2D eigenvalue weighted by Gasteiger charge is 2.18. The van der Waals surface area contributed by atoms with E-state index in [0.29, 0.717) is 33.5 Å². The predicted molar refractivity (Wildman–Crippen MR) is 181 cm³/mol. The molecule has 0 saturated heterocycles. The van der Waals surface area contributed by atoms with Gasteiger partial charge in [-0.05, 0) is 80.1 Å². The Bertz CT molecular complexity index is 1840. The lowest BCUT2D eigenvalue weighted by Gasteiger charge is -2.15. The Morgan fingerprint density at radius 3 is 2.20 bits per heavy atom. The number of thioether (sulfide) groups is 1. The first-order valence-electron chi connectivity index (χ1n) is 14.1. The molecule has 1 aromatic heterocycles. The minimum atomic E-state index is -0.526. The minimum absolute atomic E-state index is 0.0119. The van der Waals surface area contributed by atoms with Crippen LogP contribution < -0.4 is 16.0 Å². The van der Waals surface area contributed by atoms with Gasteiger partial charge in [-0.3, -0.25) is 14.4 Å². The molecule has 4 aromatic carbocycles. The predicted octanol–water partition coefficient (Wildman–Crippen LogP) is 8.44. The summed E-state index contributed by atoms with van der Waals surface area (Å²) in [7, 11) is 0. The number of anilines is 2. The number of hydrogen-bond donors (Lipinski definition) is 3. The Kier molecular flexibility index (Phi) is 10.2. The SMILES string of the molecule is Cc1c(Cl)cccc1NC(=O)[C@H](C)Sc1ccc(NC(=O)/C(=C/c2ccc(-c3ccccc3)o2)NC(=O)c2ccccc2)cc1. The maximum absolute atomic E-state index is 13.4. The molecule has 0 saturated carbocycles. The fourth-order valence-corrected chi connectivity index (χ4v) is 5.36. The molecule has 0 radical (unpaired) electrons. The lowest BCUT2D eigenvalue weighted by Crippen LogP contribution is -2.30. The molecule has 226 valence electrons. The number of hydrogen-bond acceptors (Lipinski definition) is 5. The highest BCUT2D eigenvalue weighted by molar-refractivity contribution is 8.00. The van der Waals surface area contributed by atoms with Crippen LogP contribution in [0.4, 0.5) is 11.4 Å². The number of nitrogens with one attached hydrogen (secondary N) is 3. The standard InChI is InChI=1S/C36H30ClN3O4S/c1-23-30(37)14-9-15-31(23)39-34(41)24(2)45-29-19-16-27(17-20-29)38-36(43)32(40-35(42)26-12-7-4-8-13-26)22-28-18-21-33(44-28)25-10-5-3-6-11-25/h3-22,24H,1-2H3,(H,38,43)(H,39,41)(H,40,42)/b32-22-/t24-/m0/s1. The molecule has 45 heavy (non-hydrogen) atoms. The van der Waals surface area contributed by atoms with Crippen LogP contribution in [0, 0.1) is 6.92 Å². The van der Waals surface area contributed by atoms with Gasteiger partial charge in [0.25, 0.3) is 11.8 Å². The number of carbonyl (C=O) groups is 3. The average Bonchev–Trinajstić information content (AvgIpc) is 3.53. The molecule has 0 bridgehead atoms. The average molecular weight is 636 g/mol. The summed E-state index contributed by atoms with van der Waals surface area (Å²) < 4.78 is 5.96. The highest BCUT2D eigenvalue weighted by atomic mass is 35.5. The summed E-state index contributed by atoms with van der Waals surface area (Å²) in [6.45, 7) is 3.67. The number of rotatable bonds is 10. The van der Waals surface area contributed by atoms with E-state index >= 15 is 0 Å². The maximum atomic E-state index is 13.4. The van der Waals surface area contributed by atoms with Crippen LogP contribution in [-0.2, 0) is 9.59 Å². The Hall–Kier alpha value is -5.05. The van der Waals surface area contributed by atoms with Crippen LogP contribution in [0.1, 0.15) is 28.6 Å². The van der Waals surface area contributed by atoms with Crippen LogP contribution in [0.2, 0.25) is 5.02 Å². The third kappa shape index (κ3) is 8.32. The van der Waals surface area contributed by atoms with Crippen LogP contribution in [0.3, 0.4) is 0 Å². The third-order valence-electron chi connectivity index (χ3n) is 6.82. The first-order valence-corrected chi connectivity index (χ1v) is 15.4. The van der Waals surface area contributed by atoms with Gasteiger partial charge in [0.05, 0.1) is 5.25 Å². The number of carbonyl (C=O) groups excluding carboxylic acids is 3. The molecule has 5 aromatic rings. The van der Waals surface area contributed by atoms with Crippen molar-refractivity contribution in [1.29, 1.82) is 0 Å². The van der Waals surface area contributed by atoms with Gasteiger partial charge in [-0.15, -0.1) is 11.8 Å². The lowest BCUT2D eigenvalue weighted by atomic mass is 10.2. The van der Waals surface area contributed by atoms with E-state index in [4.69, 9.17) is 16.0 Å². The topological polar surface area (TPSA) is 100 Å². The summed E-state index contributed by atoms with van der Waals surface area (Å²) in [5.74, 6) is -0.0742. The van der Waals surface area contributed by atoms with Gasteiger partial charge >= 0.3 is 0 Å². The van der Waals surface area contributed by atoms with E-state index < -0.39 is 11.8 Å². The van der Waals surface area contributed by atoms with E-state index in [0.717, 1.165) is 16.0 Å². The van der Waals surface area contributed by atoms with E-state index in [1.807, 2.05) is 74.5 Å². The van der Waals surface area contributed by atoms with Gasteiger partial charge in [0.2, 0.25) is 5.91 Å². The quantitative estimate of drug-likeness (QED) is 0.106. The zero-order valence-corrected chi connectivity index (χ0v) is 26.1. The molecule has 0 unspecified atom stereocenters. The van der Waals surface area contributed by atoms with Crippen LogP contribution in [0.15, 0.2) is 130 Å². The summed E-state index contributed by atoms with van der Waals surface area (Å²) in [4.78, 5) is 40.1. The summed E-state index contributed by atoms with van der Waals surface area (Å²) in [5.41, 5.74) is 3.30. The molecule has 1 atom stereocenters. The molecule has 9 heteroatoms. The van der Waals surface area contributed by atoms with Crippen molar-refractivity contribution < 1.29 is 18.8 Å². The maximum Gasteiger partial charge on any atom is 0.272 e. The van der Waals surface area contributed by atoms with Crippen molar-refractivity contribution in [3.63, 3.8) is 0 Å². The number of benzene rings is 4. The van der Waals surface area contributed by atoms with Crippen molar-refractivity contribution >= 4 is 58.5 Å². The summed E-state index contributed by atoms with van der Waals surface area (Å²) in [6.07, 6.45) is 1.49. The zero-order chi connectivity index (χ0) is 31.8. The van der Waals surface area contributed by atoms with E-state index in [1.54, 1.807) is 54.6 Å². The highest BCUT2D eigenvalue weighted by Crippen LogP contribution is 2.28. The molecule has 3 N–H and O–H groups in total. The molecule has 5 rings (SSSR count). The summed E-state index contributed by atoms with van der Waals surface area (Å²) in [5, 5.41) is 8.69. The van der Waals surface area contributed by atoms with Crippen molar-refractivity contribution in [3.8, 4) is 11.3 Å². The van der Waals surface area contributed by atoms with Crippen molar-refractivity contribution in [1.82, 2.24) is 5.32 Å². The Morgan fingerprint density at radius 1 is 0.800 bits per heavy atom. The number of furan rings is 1. The normalized spacial score (nSPS) is 11.8. The molecule has 1 heterocycles. The first kappa shape index (κ1) is 31.4. The zero-order valence-electron chi connectivity index (χ0n) is 24.5. The molecular formula is C36H30ClN3O4S. The van der Waals surface area contributed by atoms with Crippen LogP contribution in [0.25, 0.3) is 17.4 Å². The second kappa shape index (κ2) is 14.6. The fourth-order valence-electron chi connectivity index (χ4n) is 4.32. The molecule has 0 aliphatic rings. The van der Waals surface area contributed by atoms with E-state index in [2.05, 4.69) is 16.0 Å². The largest absolute Gasteiger partial charge is 0.457 e. The minimum Gasteiger partial charge on any atom is -0.457 e. The van der Waals surface area contributed by atoms with Gasteiger partial charge in [0, 0.05) is 38.5 Å². The van der Waals surface area contributed by atoms with Crippen LogP contribution >= 0.6 is 23.4 Å². The second-order valence-corrected chi connectivity index (χ2v) is 11.9. The monoisotopic (exact) mass is 635 g/mol. The summed E-state index contributed by atoms with van der Waals surface area (Å²) in [6, 6.07) is 34.3. The lowest BCUT2D eigenvalue weighted by molar-refractivity contribution is -0.115. The molecule has 7 nitrogen and oxygen atoms in total. The van der Waals surface area contributed by atoms with Gasteiger partial charge in [-0.25, -0.2) is 0 Å². The van der Waals surface area contributed by atoms with Gasteiger partial charge in [-0.2, -0.15) is 0 Å². The van der Waals surface area contributed by atoms with Crippen molar-refractivity contribution in [2.75, 3.05) is 10.6 Å². The first-order chi connectivity index (χ1) is 21.8. The Balaban J connectivity index is 1.28. The third-order valence-corrected chi connectivity index (χ3v) is 8.34. The van der Waals surface area contributed by atoms with Crippen LogP contribution in [-0.4, -0.2) is 23.0 Å². The van der Waals surface area contributed by atoms with Crippen molar-refractivity contribution in [3.05, 3.63) is 143 Å². The number of halogens is 1. The molecule has 0 spiro atoms.